The lowest BCUT2D eigenvalue weighted by Crippen LogP contribution is -2.36. The van der Waals surface area contributed by atoms with Crippen LogP contribution >= 0.6 is 22.7 Å². The molecule has 0 unspecified atom stereocenters. The predicted octanol–water partition coefficient (Wildman–Crippen LogP) is 4.61. The number of thiazole rings is 1. The molecule has 0 radical (unpaired) electrons. The molecule has 9 heteroatoms. The first kappa shape index (κ1) is 20.2. The number of nitrogens with zero attached hydrogens (tertiary/aromatic N) is 2. The van der Waals surface area contributed by atoms with Crippen LogP contribution in [0.25, 0.3) is 10.6 Å². The van der Waals surface area contributed by atoms with Gasteiger partial charge in [-0.1, -0.05) is 18.6 Å². The molecule has 1 fully saturated rings. The minimum absolute atomic E-state index is 0.200. The number of rotatable bonds is 5. The maximum absolute atomic E-state index is 13.1. The predicted molar refractivity (Wildman–Crippen MR) is 117 cm³/mol. The Morgan fingerprint density at radius 3 is 2.66 bits per heavy atom. The summed E-state index contributed by atoms with van der Waals surface area (Å²) in [7, 11) is -3.61. The molecule has 2 aromatic heterocycles. The Kier molecular flexibility index (Phi) is 5.82. The summed E-state index contributed by atoms with van der Waals surface area (Å²) in [6.07, 6.45) is 2.79. The van der Waals surface area contributed by atoms with Crippen molar-refractivity contribution in [3.63, 3.8) is 0 Å². The zero-order valence-corrected chi connectivity index (χ0v) is 18.4. The fraction of sp³-hybridized carbons (Fsp3) is 0.300. The first-order chi connectivity index (χ1) is 13.9. The highest BCUT2D eigenvalue weighted by Crippen LogP contribution is 2.29. The molecule has 1 saturated heterocycles. The third-order valence-electron chi connectivity index (χ3n) is 4.88. The lowest BCUT2D eigenvalue weighted by Gasteiger charge is -2.26. The summed E-state index contributed by atoms with van der Waals surface area (Å²) in [5.74, 6) is -0.368. The molecule has 1 amide bonds. The van der Waals surface area contributed by atoms with Crippen LogP contribution in [0.5, 0.6) is 0 Å². The molecule has 1 aliphatic heterocycles. The van der Waals surface area contributed by atoms with Gasteiger partial charge in [0, 0.05) is 24.0 Å². The Labute approximate surface area is 178 Å². The number of hydrogen-bond acceptors (Lipinski definition) is 6. The van der Waals surface area contributed by atoms with Crippen LogP contribution in [0, 0.1) is 6.92 Å². The molecular formula is C20H21N3O3S3. The minimum atomic E-state index is -3.61. The molecule has 1 N–H and O–H groups in total. The van der Waals surface area contributed by atoms with Crippen molar-refractivity contribution in [2.24, 2.45) is 0 Å². The van der Waals surface area contributed by atoms with Gasteiger partial charge in [0.05, 0.1) is 15.5 Å². The summed E-state index contributed by atoms with van der Waals surface area (Å²) in [5.41, 5.74) is 1.76. The van der Waals surface area contributed by atoms with Crippen molar-refractivity contribution in [2.45, 2.75) is 31.1 Å². The molecule has 0 bridgehead atoms. The molecule has 0 spiro atoms. The number of piperidine rings is 1. The number of aryl methyl sites for hydroxylation is 1. The second-order valence-corrected chi connectivity index (χ2v) is 10.6. The average molecular weight is 448 g/mol. The van der Waals surface area contributed by atoms with Gasteiger partial charge >= 0.3 is 0 Å². The van der Waals surface area contributed by atoms with Gasteiger partial charge in [0.2, 0.25) is 10.0 Å². The monoisotopic (exact) mass is 447 g/mol. The van der Waals surface area contributed by atoms with Crippen LogP contribution in [0.15, 0.2) is 46.0 Å². The Balaban J connectivity index is 1.56. The molecular weight excluding hydrogens is 426 g/mol. The fourth-order valence-corrected chi connectivity index (χ4v) is 6.54. The molecule has 29 heavy (non-hydrogen) atoms. The lowest BCUT2D eigenvalue weighted by atomic mass is 10.1. The van der Waals surface area contributed by atoms with E-state index in [2.05, 4.69) is 10.3 Å². The number of benzene rings is 1. The quantitative estimate of drug-likeness (QED) is 0.620. The van der Waals surface area contributed by atoms with E-state index in [1.807, 2.05) is 22.9 Å². The summed E-state index contributed by atoms with van der Waals surface area (Å²) in [4.78, 5) is 18.4. The summed E-state index contributed by atoms with van der Waals surface area (Å²) >= 11 is 2.93. The van der Waals surface area contributed by atoms with Crippen molar-refractivity contribution in [2.75, 3.05) is 18.4 Å². The summed E-state index contributed by atoms with van der Waals surface area (Å²) in [6, 6.07) is 8.73. The van der Waals surface area contributed by atoms with Crippen LogP contribution in [0.2, 0.25) is 0 Å². The first-order valence-electron chi connectivity index (χ1n) is 9.37. The maximum atomic E-state index is 13.1. The normalized spacial score (nSPS) is 15.3. The van der Waals surface area contributed by atoms with Crippen molar-refractivity contribution < 1.29 is 13.2 Å². The number of anilines is 1. The van der Waals surface area contributed by atoms with Gasteiger partial charge in [0.25, 0.3) is 5.91 Å². The number of nitrogens with one attached hydrogen (secondary N) is 1. The second kappa shape index (κ2) is 8.35. The van der Waals surface area contributed by atoms with Crippen LogP contribution in [-0.4, -0.2) is 36.7 Å². The summed E-state index contributed by atoms with van der Waals surface area (Å²) in [6.45, 7) is 2.82. The topological polar surface area (TPSA) is 79.4 Å². The second-order valence-electron chi connectivity index (χ2n) is 6.91. The Morgan fingerprint density at radius 2 is 1.93 bits per heavy atom. The Morgan fingerprint density at radius 1 is 1.14 bits per heavy atom. The number of amides is 1. The smallest absolute Gasteiger partial charge is 0.257 e. The molecule has 3 aromatic rings. The highest BCUT2D eigenvalue weighted by molar-refractivity contribution is 7.89. The van der Waals surface area contributed by atoms with Gasteiger partial charge in [-0.2, -0.15) is 4.31 Å². The van der Waals surface area contributed by atoms with E-state index in [4.69, 9.17) is 0 Å². The van der Waals surface area contributed by atoms with Gasteiger partial charge in [-0.25, -0.2) is 13.4 Å². The third-order valence-corrected chi connectivity index (χ3v) is 8.57. The van der Waals surface area contributed by atoms with Crippen molar-refractivity contribution in [3.8, 4) is 10.6 Å². The Hall–Kier alpha value is -2.07. The number of aromatic nitrogens is 1. The number of hydrogen-bond donors (Lipinski definition) is 1. The molecule has 0 aliphatic carbocycles. The maximum Gasteiger partial charge on any atom is 0.257 e. The van der Waals surface area contributed by atoms with Crippen molar-refractivity contribution >= 4 is 43.7 Å². The van der Waals surface area contributed by atoms with Crippen LogP contribution < -0.4 is 5.32 Å². The standard InChI is InChI=1S/C20H21N3O3S3/c1-14-7-8-15(12-18(14)29(25,26)23-9-3-2-4-10-23)19(24)22-20-21-16(13-28-20)17-6-5-11-27-17/h5-8,11-13H,2-4,9-10H2,1H3,(H,21,22,24). The van der Waals surface area contributed by atoms with E-state index in [1.165, 1.54) is 21.7 Å². The van der Waals surface area contributed by atoms with Crippen LogP contribution in [-0.2, 0) is 10.0 Å². The summed E-state index contributed by atoms with van der Waals surface area (Å²) in [5, 5.41) is 7.14. The summed E-state index contributed by atoms with van der Waals surface area (Å²) < 4.78 is 27.6. The van der Waals surface area contributed by atoms with E-state index in [-0.39, 0.29) is 10.8 Å². The minimum Gasteiger partial charge on any atom is -0.298 e. The van der Waals surface area contributed by atoms with E-state index in [0.29, 0.717) is 29.3 Å². The zero-order valence-electron chi connectivity index (χ0n) is 15.9. The van der Waals surface area contributed by atoms with Crippen LogP contribution in [0.4, 0.5) is 5.13 Å². The van der Waals surface area contributed by atoms with Gasteiger partial charge in [0.15, 0.2) is 5.13 Å². The number of carbonyl (C=O) groups is 1. The van der Waals surface area contributed by atoms with E-state index in [9.17, 15) is 13.2 Å². The zero-order chi connectivity index (χ0) is 20.4. The SMILES string of the molecule is Cc1ccc(C(=O)Nc2nc(-c3cccs3)cs2)cc1S(=O)(=O)N1CCCCC1. The number of carbonyl (C=O) groups excluding carboxylic acids is 1. The molecule has 1 aliphatic rings. The number of thiophene rings is 1. The molecule has 152 valence electrons. The molecule has 6 nitrogen and oxygen atoms in total. The Bertz CT molecular complexity index is 1120. The molecule has 4 rings (SSSR count). The molecule has 3 heterocycles. The van der Waals surface area contributed by atoms with Gasteiger partial charge in [-0.3, -0.25) is 10.1 Å². The van der Waals surface area contributed by atoms with Gasteiger partial charge in [-0.05, 0) is 48.9 Å². The van der Waals surface area contributed by atoms with Gasteiger partial charge in [-0.15, -0.1) is 22.7 Å². The third kappa shape index (κ3) is 4.28. The van der Waals surface area contributed by atoms with Gasteiger partial charge in [0.1, 0.15) is 0 Å². The average Bonchev–Trinajstić information content (AvgIpc) is 3.40. The highest BCUT2D eigenvalue weighted by atomic mass is 32.2. The van der Waals surface area contributed by atoms with Crippen molar-refractivity contribution in [1.82, 2.24) is 9.29 Å². The first-order valence-corrected chi connectivity index (χ1v) is 12.6. The van der Waals surface area contributed by atoms with Crippen molar-refractivity contribution in [3.05, 3.63) is 52.2 Å². The van der Waals surface area contributed by atoms with E-state index in [0.717, 1.165) is 29.8 Å². The molecule has 1 aromatic carbocycles. The highest BCUT2D eigenvalue weighted by Gasteiger charge is 2.28. The van der Waals surface area contributed by atoms with E-state index < -0.39 is 10.0 Å². The van der Waals surface area contributed by atoms with E-state index >= 15 is 0 Å². The van der Waals surface area contributed by atoms with E-state index in [1.54, 1.807) is 30.4 Å². The van der Waals surface area contributed by atoms with Crippen molar-refractivity contribution in [1.29, 1.82) is 0 Å². The molecule has 0 atom stereocenters. The lowest BCUT2D eigenvalue weighted by molar-refractivity contribution is 0.102. The van der Waals surface area contributed by atoms with Crippen LogP contribution in [0.3, 0.4) is 0 Å². The van der Waals surface area contributed by atoms with Crippen LogP contribution in [0.1, 0.15) is 35.2 Å². The van der Waals surface area contributed by atoms with Gasteiger partial charge < -0.3 is 0 Å². The fourth-order valence-electron chi connectivity index (χ4n) is 3.30. The largest absolute Gasteiger partial charge is 0.298 e. The number of sulfonamides is 1. The molecule has 0 saturated carbocycles.